The zero-order chi connectivity index (χ0) is 7.15. The van der Waals surface area contributed by atoms with Crippen molar-refractivity contribution in [1.82, 2.24) is 0 Å². The van der Waals surface area contributed by atoms with Gasteiger partial charge in [0.1, 0.15) is 0 Å². The molecule has 0 rings (SSSR count). The molecular formula is Cl2O4S2. The van der Waals surface area contributed by atoms with Gasteiger partial charge in [0.05, 0.1) is 0 Å². The van der Waals surface area contributed by atoms with Crippen molar-refractivity contribution in [3.05, 3.63) is 0 Å². The lowest BCUT2D eigenvalue weighted by molar-refractivity contribution is 0.559. The molecule has 0 radical (unpaired) electrons. The van der Waals surface area contributed by atoms with Gasteiger partial charge in [-0.2, -0.15) is 0 Å². The molecule has 4 nitrogen and oxygen atoms in total. The molecule has 0 unspecified atom stereocenters. The van der Waals surface area contributed by atoms with Crippen molar-refractivity contribution in [2.24, 2.45) is 0 Å². The fraction of sp³-hybridized carbons (Fsp3) is 0. The molecule has 0 aromatic carbocycles. The first-order valence-corrected chi connectivity index (χ1v) is 4.78. The third kappa shape index (κ3) is 760. The third-order valence-corrected chi connectivity index (χ3v) is 0. The minimum absolute atomic E-state index is 1.67. The van der Waals surface area contributed by atoms with E-state index in [0.29, 0.717) is 0 Å². The Morgan fingerprint density at radius 2 is 1.25 bits per heavy atom. The Morgan fingerprint density at radius 1 is 1.25 bits per heavy atom. The second-order valence-corrected chi connectivity index (χ2v) is 3.32. The van der Waals surface area contributed by atoms with Crippen molar-refractivity contribution < 1.29 is 17.2 Å². The Hall–Kier alpha value is 0.510. The van der Waals surface area contributed by atoms with Crippen LogP contribution >= 0.6 is 21.4 Å². The fourth-order valence-corrected chi connectivity index (χ4v) is 0. The van der Waals surface area contributed by atoms with E-state index in [-0.39, 0.29) is 0 Å². The number of rotatable bonds is 0. The third-order valence-electron chi connectivity index (χ3n) is 0. The SMILES string of the molecule is O=S(=O)=O.[O-][S+](Cl)Cl. The lowest BCUT2D eigenvalue weighted by Gasteiger charge is -1.73. The Bertz CT molecular complexity index is 110. The first-order valence-electron chi connectivity index (χ1n) is 0.975. The van der Waals surface area contributed by atoms with Crippen LogP contribution in [-0.4, -0.2) is 17.2 Å². The van der Waals surface area contributed by atoms with E-state index in [9.17, 15) is 0 Å². The average molecular weight is 199 g/mol. The van der Waals surface area contributed by atoms with E-state index in [1.807, 2.05) is 0 Å². The molecule has 0 bridgehead atoms. The molecule has 0 saturated carbocycles. The molecule has 50 valence electrons. The van der Waals surface area contributed by atoms with E-state index in [1.165, 1.54) is 0 Å². The maximum absolute atomic E-state index is 9.09. The first kappa shape index (κ1) is 11.3. The van der Waals surface area contributed by atoms with Crippen molar-refractivity contribution in [2.45, 2.75) is 0 Å². The molecule has 0 aliphatic carbocycles. The number of halogens is 2. The summed E-state index contributed by atoms with van der Waals surface area (Å²) in [6, 6.07) is 0. The smallest absolute Gasteiger partial charge is 0.425 e. The molecule has 0 spiro atoms. The zero-order valence-corrected chi connectivity index (χ0v) is 6.35. The summed E-state index contributed by atoms with van der Waals surface area (Å²) in [5.74, 6) is 0. The van der Waals surface area contributed by atoms with Crippen molar-refractivity contribution in [3.63, 3.8) is 0 Å². The van der Waals surface area contributed by atoms with Gasteiger partial charge < -0.3 is 4.55 Å². The molecule has 8 heavy (non-hydrogen) atoms. The highest BCUT2D eigenvalue weighted by Crippen LogP contribution is 1.98. The quantitative estimate of drug-likeness (QED) is 0.516. The molecule has 0 aliphatic rings. The Balaban J connectivity index is 0. The van der Waals surface area contributed by atoms with E-state index >= 15 is 0 Å². The van der Waals surface area contributed by atoms with Crippen LogP contribution in [0.4, 0.5) is 0 Å². The summed E-state index contributed by atoms with van der Waals surface area (Å²) >= 11 is 0. The van der Waals surface area contributed by atoms with Crippen LogP contribution in [0.15, 0.2) is 0 Å². The molecule has 0 aliphatic heterocycles. The fourth-order valence-electron chi connectivity index (χ4n) is 0. The van der Waals surface area contributed by atoms with Crippen molar-refractivity contribution in [3.8, 4) is 0 Å². The lowest BCUT2D eigenvalue weighted by Crippen LogP contribution is -1.63. The Labute approximate surface area is 59.0 Å². The maximum Gasteiger partial charge on any atom is 0.425 e. The normalized spacial score (nSPS) is 7.50. The Morgan fingerprint density at radius 3 is 1.25 bits per heavy atom. The van der Waals surface area contributed by atoms with Gasteiger partial charge in [0, 0.05) is 0 Å². The van der Waals surface area contributed by atoms with Crippen LogP contribution in [-0.2, 0) is 20.2 Å². The van der Waals surface area contributed by atoms with Crippen molar-refractivity contribution in [1.29, 1.82) is 0 Å². The van der Waals surface area contributed by atoms with Crippen LogP contribution in [0.1, 0.15) is 0 Å². The zero-order valence-electron chi connectivity index (χ0n) is 3.21. The first-order chi connectivity index (χ1) is 3.46. The molecule has 0 saturated heterocycles. The highest BCUT2D eigenvalue weighted by atomic mass is 36.0. The summed E-state index contributed by atoms with van der Waals surface area (Å²) < 4.78 is 34.4. The van der Waals surface area contributed by atoms with Crippen LogP contribution in [0, 0.1) is 0 Å². The van der Waals surface area contributed by atoms with Gasteiger partial charge in [-0.1, -0.05) is 0 Å². The Kier molecular flexibility index (Phi) is 10.6. The van der Waals surface area contributed by atoms with Gasteiger partial charge in [-0.15, -0.1) is 12.6 Å². The molecule has 0 aromatic heterocycles. The predicted molar refractivity (Wildman–Crippen MR) is 29.5 cm³/mol. The largest absolute Gasteiger partial charge is 0.582 e. The van der Waals surface area contributed by atoms with Crippen LogP contribution < -0.4 is 0 Å². The van der Waals surface area contributed by atoms with E-state index in [1.54, 1.807) is 0 Å². The molecule has 0 fully saturated rings. The summed E-state index contributed by atoms with van der Waals surface area (Å²) in [5.41, 5.74) is 0. The summed E-state index contributed by atoms with van der Waals surface area (Å²) in [6.07, 6.45) is 0. The predicted octanol–water partition coefficient (Wildman–Crippen LogP) is 0.0386. The number of hydrogen-bond acceptors (Lipinski definition) is 4. The summed E-state index contributed by atoms with van der Waals surface area (Å²) in [7, 11) is 4.25. The van der Waals surface area contributed by atoms with E-state index in [0.717, 1.165) is 0 Å². The van der Waals surface area contributed by atoms with E-state index in [2.05, 4.69) is 21.4 Å². The average Bonchev–Trinajstić information content (AvgIpc) is 1.25. The van der Waals surface area contributed by atoms with Gasteiger partial charge in [-0.3, -0.25) is 0 Å². The molecular weight excluding hydrogens is 199 g/mol. The topological polar surface area (TPSA) is 74.3 Å². The molecule has 0 atom stereocenters. The van der Waals surface area contributed by atoms with Gasteiger partial charge in [-0.25, -0.2) is 0 Å². The van der Waals surface area contributed by atoms with E-state index < -0.39 is 20.2 Å². The van der Waals surface area contributed by atoms with Crippen LogP contribution in [0.25, 0.3) is 0 Å². The summed E-state index contributed by atoms with van der Waals surface area (Å²) in [5, 5.41) is 0. The van der Waals surface area contributed by atoms with Gasteiger partial charge in [0.25, 0.3) is 0 Å². The minimum atomic E-state index is -3.11. The van der Waals surface area contributed by atoms with Gasteiger partial charge in [-0.05, 0) is 0 Å². The standard InChI is InChI=1S/Cl2OS.O3S/c2*1-4(2)3. The highest BCUT2D eigenvalue weighted by molar-refractivity contribution is 8.31. The minimum Gasteiger partial charge on any atom is -0.582 e. The molecule has 0 N–H and O–H groups in total. The summed E-state index contributed by atoms with van der Waals surface area (Å²) in [4.78, 5) is 0. The van der Waals surface area contributed by atoms with Crippen LogP contribution in [0.5, 0.6) is 0 Å². The van der Waals surface area contributed by atoms with Crippen molar-refractivity contribution >= 4 is 41.6 Å². The second kappa shape index (κ2) is 7.51. The summed E-state index contributed by atoms with van der Waals surface area (Å²) in [6.45, 7) is 0. The van der Waals surface area contributed by atoms with E-state index in [4.69, 9.17) is 17.2 Å². The van der Waals surface area contributed by atoms with Gasteiger partial charge in [0.2, 0.25) is 0 Å². The molecule has 0 aromatic rings. The maximum atomic E-state index is 9.09. The van der Waals surface area contributed by atoms with Gasteiger partial charge >= 0.3 is 10.6 Å². The monoisotopic (exact) mass is 198 g/mol. The van der Waals surface area contributed by atoms with Gasteiger partial charge in [0.15, 0.2) is 31.0 Å². The molecule has 0 amide bonds. The highest BCUT2D eigenvalue weighted by Gasteiger charge is 1.83. The van der Waals surface area contributed by atoms with Crippen LogP contribution in [0.3, 0.4) is 0 Å². The van der Waals surface area contributed by atoms with Crippen molar-refractivity contribution in [2.75, 3.05) is 0 Å². The lowest BCUT2D eigenvalue weighted by atomic mass is 15.9. The number of hydrogen-bond donors (Lipinski definition) is 0. The second-order valence-electron chi connectivity index (χ2n) is 0.388. The van der Waals surface area contributed by atoms with Crippen LogP contribution in [0.2, 0.25) is 0 Å². The molecule has 0 heterocycles. The molecule has 8 heteroatoms.